The van der Waals surface area contributed by atoms with Gasteiger partial charge in [-0.2, -0.15) is 0 Å². The SMILES string of the molecule is COC(=O)C(C)C(C)CCC(C)C1CCC2(C)C3CCC4C(C)(C)C(OC(C)=O)CCC45CC35CCC12C. The molecule has 4 heteroatoms. The summed E-state index contributed by atoms with van der Waals surface area (Å²) in [6, 6.07) is 0. The van der Waals surface area contributed by atoms with Crippen LogP contribution < -0.4 is 0 Å². The molecule has 216 valence electrons. The number of ether oxygens (including phenoxy) is 2. The largest absolute Gasteiger partial charge is 0.469 e. The van der Waals surface area contributed by atoms with Gasteiger partial charge in [-0.15, -0.1) is 0 Å². The molecule has 5 rings (SSSR count). The van der Waals surface area contributed by atoms with Crippen molar-refractivity contribution in [3.63, 3.8) is 0 Å². The lowest BCUT2D eigenvalue weighted by Gasteiger charge is -2.63. The highest BCUT2D eigenvalue weighted by Gasteiger charge is 2.82. The number of carbonyl (C=O) groups excluding carboxylic acids is 2. The first kappa shape index (κ1) is 28.5. The van der Waals surface area contributed by atoms with Gasteiger partial charge < -0.3 is 9.47 Å². The zero-order valence-electron chi connectivity index (χ0n) is 26.0. The molecule has 0 amide bonds. The molecule has 0 radical (unpaired) electrons. The molecule has 11 atom stereocenters. The average Bonchev–Trinajstić information content (AvgIpc) is 3.45. The lowest BCUT2D eigenvalue weighted by Crippen LogP contribution is -2.58. The maximum atomic E-state index is 12.1. The van der Waals surface area contributed by atoms with Crippen molar-refractivity contribution in [2.45, 2.75) is 132 Å². The lowest BCUT2D eigenvalue weighted by atomic mass is 9.41. The summed E-state index contributed by atoms with van der Waals surface area (Å²) in [4.78, 5) is 23.9. The van der Waals surface area contributed by atoms with Crippen molar-refractivity contribution < 1.29 is 19.1 Å². The van der Waals surface area contributed by atoms with Gasteiger partial charge in [-0.1, -0.05) is 54.9 Å². The van der Waals surface area contributed by atoms with Crippen LogP contribution in [-0.2, 0) is 19.1 Å². The number of methoxy groups -OCH3 is 1. The van der Waals surface area contributed by atoms with Gasteiger partial charge in [0.1, 0.15) is 6.10 Å². The predicted molar refractivity (Wildman–Crippen MR) is 151 cm³/mol. The van der Waals surface area contributed by atoms with Crippen LogP contribution in [0.3, 0.4) is 0 Å². The van der Waals surface area contributed by atoms with Gasteiger partial charge in [-0.25, -0.2) is 0 Å². The van der Waals surface area contributed by atoms with Crippen LogP contribution in [0.15, 0.2) is 0 Å². The van der Waals surface area contributed by atoms with Gasteiger partial charge in [0.05, 0.1) is 13.0 Å². The molecule has 5 aliphatic rings. The Bertz CT molecular complexity index is 956. The van der Waals surface area contributed by atoms with E-state index in [0.29, 0.717) is 39.4 Å². The second-order valence-corrected chi connectivity index (χ2v) is 16.0. The number of carbonyl (C=O) groups is 2. The first-order valence-corrected chi connectivity index (χ1v) is 16.0. The Morgan fingerprint density at radius 2 is 1.47 bits per heavy atom. The number of esters is 2. The van der Waals surface area contributed by atoms with Crippen LogP contribution in [-0.4, -0.2) is 25.2 Å². The minimum Gasteiger partial charge on any atom is -0.469 e. The van der Waals surface area contributed by atoms with Crippen LogP contribution in [0.4, 0.5) is 0 Å². The van der Waals surface area contributed by atoms with Crippen molar-refractivity contribution in [2.24, 2.45) is 62.6 Å². The summed E-state index contributed by atoms with van der Waals surface area (Å²) >= 11 is 0. The molecular weight excluding hydrogens is 472 g/mol. The van der Waals surface area contributed by atoms with Gasteiger partial charge >= 0.3 is 11.9 Å². The molecule has 0 heterocycles. The van der Waals surface area contributed by atoms with Gasteiger partial charge in [-0.3, -0.25) is 9.59 Å². The Balaban J connectivity index is 1.32. The van der Waals surface area contributed by atoms with E-state index in [0.717, 1.165) is 24.7 Å². The van der Waals surface area contributed by atoms with Gasteiger partial charge in [0, 0.05) is 12.3 Å². The minimum absolute atomic E-state index is 0.0207. The molecule has 0 aromatic carbocycles. The quantitative estimate of drug-likeness (QED) is 0.312. The van der Waals surface area contributed by atoms with E-state index in [1.807, 2.05) is 6.92 Å². The maximum Gasteiger partial charge on any atom is 0.308 e. The van der Waals surface area contributed by atoms with Crippen molar-refractivity contribution in [3.8, 4) is 0 Å². The van der Waals surface area contributed by atoms with Gasteiger partial charge in [0.2, 0.25) is 0 Å². The molecule has 0 aromatic heterocycles. The number of hydrogen-bond acceptors (Lipinski definition) is 4. The van der Waals surface area contributed by atoms with Crippen molar-refractivity contribution in [1.82, 2.24) is 0 Å². The predicted octanol–water partition coefficient (Wildman–Crippen LogP) is 8.22. The third-order valence-electron chi connectivity index (χ3n) is 14.6. The second-order valence-electron chi connectivity index (χ2n) is 16.0. The molecule has 0 aromatic rings. The van der Waals surface area contributed by atoms with Crippen LogP contribution in [0.2, 0.25) is 0 Å². The van der Waals surface area contributed by atoms with Gasteiger partial charge in [-0.05, 0) is 115 Å². The molecular formula is C34H56O4. The third-order valence-corrected chi connectivity index (χ3v) is 14.6. The zero-order valence-corrected chi connectivity index (χ0v) is 26.0. The Morgan fingerprint density at radius 1 is 0.816 bits per heavy atom. The standard InChI is InChI=1S/C34H56O4/c1-21(23(3)29(36)37-9)10-11-22(2)25-14-16-32(8)27-13-12-26-30(5,6)28(38-24(4)35)15-17-33(26)20-34(27,33)19-18-31(25,32)7/h21-23,25-28H,10-20H2,1-9H3. The van der Waals surface area contributed by atoms with Crippen LogP contribution >= 0.6 is 0 Å². The van der Waals surface area contributed by atoms with E-state index in [1.54, 1.807) is 6.92 Å². The van der Waals surface area contributed by atoms with E-state index in [1.165, 1.54) is 64.9 Å². The smallest absolute Gasteiger partial charge is 0.308 e. The summed E-state index contributed by atoms with van der Waals surface area (Å²) in [5.41, 5.74) is 1.95. The van der Waals surface area contributed by atoms with Crippen LogP contribution in [0.5, 0.6) is 0 Å². The topological polar surface area (TPSA) is 52.6 Å². The fourth-order valence-corrected chi connectivity index (χ4v) is 12.1. The highest BCUT2D eigenvalue weighted by atomic mass is 16.5. The van der Waals surface area contributed by atoms with Crippen LogP contribution in [0.25, 0.3) is 0 Å². The van der Waals surface area contributed by atoms with E-state index < -0.39 is 0 Å². The first-order chi connectivity index (χ1) is 17.7. The first-order valence-electron chi connectivity index (χ1n) is 16.0. The fourth-order valence-electron chi connectivity index (χ4n) is 12.1. The molecule has 0 aliphatic heterocycles. The van der Waals surface area contributed by atoms with E-state index in [-0.39, 0.29) is 29.4 Å². The Labute approximate surface area is 232 Å². The van der Waals surface area contributed by atoms with E-state index in [2.05, 4.69) is 41.5 Å². The maximum absolute atomic E-state index is 12.1. The normalized spacial score (nSPS) is 46.9. The molecule has 2 spiro atoms. The second kappa shape index (κ2) is 9.23. The number of fused-ring (bicyclic) bond motifs is 2. The molecule has 0 bridgehead atoms. The Hall–Kier alpha value is -1.06. The van der Waals surface area contributed by atoms with E-state index >= 15 is 0 Å². The molecule has 5 fully saturated rings. The van der Waals surface area contributed by atoms with E-state index in [4.69, 9.17) is 9.47 Å². The summed E-state index contributed by atoms with van der Waals surface area (Å²) in [6.45, 7) is 18.5. The molecule has 4 nitrogen and oxygen atoms in total. The molecule has 5 saturated carbocycles. The molecule has 5 aliphatic carbocycles. The summed E-state index contributed by atoms with van der Waals surface area (Å²) in [5, 5.41) is 0. The summed E-state index contributed by atoms with van der Waals surface area (Å²) in [6.07, 6.45) is 14.4. The van der Waals surface area contributed by atoms with Crippen molar-refractivity contribution in [3.05, 3.63) is 0 Å². The van der Waals surface area contributed by atoms with Gasteiger partial charge in [0.25, 0.3) is 0 Å². The van der Waals surface area contributed by atoms with Crippen molar-refractivity contribution >= 4 is 11.9 Å². The highest BCUT2D eigenvalue weighted by molar-refractivity contribution is 5.72. The number of rotatable bonds is 7. The van der Waals surface area contributed by atoms with Gasteiger partial charge in [0.15, 0.2) is 0 Å². The van der Waals surface area contributed by atoms with E-state index in [9.17, 15) is 9.59 Å². The highest BCUT2D eigenvalue weighted by Crippen LogP contribution is 2.89. The summed E-state index contributed by atoms with van der Waals surface area (Å²) < 4.78 is 10.9. The average molecular weight is 529 g/mol. The molecule has 0 N–H and O–H groups in total. The lowest BCUT2D eigenvalue weighted by molar-refractivity contribution is -0.181. The summed E-state index contributed by atoms with van der Waals surface area (Å²) in [7, 11) is 1.51. The Kier molecular flexibility index (Phi) is 6.92. The Morgan fingerprint density at radius 3 is 2.13 bits per heavy atom. The molecule has 38 heavy (non-hydrogen) atoms. The monoisotopic (exact) mass is 528 g/mol. The fraction of sp³-hybridized carbons (Fsp3) is 0.941. The molecule has 0 saturated heterocycles. The molecule has 11 unspecified atom stereocenters. The third kappa shape index (κ3) is 3.73. The summed E-state index contributed by atoms with van der Waals surface area (Å²) in [5.74, 6) is 3.19. The van der Waals surface area contributed by atoms with Crippen molar-refractivity contribution in [1.29, 1.82) is 0 Å². The van der Waals surface area contributed by atoms with Crippen LogP contribution in [0, 0.1) is 62.6 Å². The number of hydrogen-bond donors (Lipinski definition) is 0. The minimum atomic E-state index is -0.112. The van der Waals surface area contributed by atoms with Crippen LogP contribution in [0.1, 0.15) is 126 Å². The van der Waals surface area contributed by atoms with Crippen molar-refractivity contribution in [2.75, 3.05) is 7.11 Å². The zero-order chi connectivity index (χ0) is 27.9.